The van der Waals surface area contributed by atoms with Crippen molar-refractivity contribution >= 4 is 5.91 Å². The molecule has 1 atom stereocenters. The second kappa shape index (κ2) is 9.71. The molecule has 0 fully saturated rings. The van der Waals surface area contributed by atoms with Gasteiger partial charge in [0, 0.05) is 12.0 Å². The molecule has 0 aliphatic heterocycles. The molecule has 1 unspecified atom stereocenters. The van der Waals surface area contributed by atoms with Crippen LogP contribution in [0.5, 0.6) is 11.8 Å². The van der Waals surface area contributed by atoms with Gasteiger partial charge in [0.05, 0.1) is 13.7 Å². The van der Waals surface area contributed by atoms with Crippen LogP contribution in [0.25, 0.3) is 11.4 Å². The maximum Gasteiger partial charge on any atom is 0.336 e. The maximum absolute atomic E-state index is 13.0. The molecule has 1 aromatic heterocycles. The van der Waals surface area contributed by atoms with Crippen LogP contribution in [0.1, 0.15) is 65.1 Å². The number of rotatable bonds is 9. The molecule has 0 bridgehead atoms. The topological polar surface area (TPSA) is 66.2 Å². The predicted molar refractivity (Wildman–Crippen MR) is 111 cm³/mol. The zero-order valence-corrected chi connectivity index (χ0v) is 18.0. The fraction of sp³-hybridized carbons (Fsp3) is 0.591. The van der Waals surface area contributed by atoms with E-state index in [1.54, 1.807) is 7.11 Å². The van der Waals surface area contributed by atoms with Crippen LogP contribution >= 0.6 is 0 Å². The van der Waals surface area contributed by atoms with Gasteiger partial charge in [-0.25, -0.2) is 0 Å². The number of benzene rings is 1. The van der Waals surface area contributed by atoms with E-state index < -0.39 is 0 Å². The summed E-state index contributed by atoms with van der Waals surface area (Å²) in [6.07, 6.45) is 3.32. The molecule has 154 valence electrons. The van der Waals surface area contributed by atoms with Crippen molar-refractivity contribution < 1.29 is 14.3 Å². The first kappa shape index (κ1) is 21.9. The van der Waals surface area contributed by atoms with Crippen LogP contribution in [0.3, 0.4) is 0 Å². The lowest BCUT2D eigenvalue weighted by Gasteiger charge is -2.22. The third kappa shape index (κ3) is 6.36. The first-order chi connectivity index (χ1) is 13.2. The number of unbranched alkanes of at least 4 members (excludes halogenated alkanes) is 1. The Hall–Kier alpha value is -2.37. The Morgan fingerprint density at radius 3 is 2.46 bits per heavy atom. The van der Waals surface area contributed by atoms with Crippen molar-refractivity contribution in [2.45, 2.75) is 60.3 Å². The van der Waals surface area contributed by atoms with Gasteiger partial charge in [-0.1, -0.05) is 41.0 Å². The second-order valence-corrected chi connectivity index (χ2v) is 8.53. The van der Waals surface area contributed by atoms with Crippen LogP contribution in [0.4, 0.5) is 0 Å². The van der Waals surface area contributed by atoms with Crippen LogP contribution < -0.4 is 9.47 Å². The molecule has 2 aromatic rings. The monoisotopic (exact) mass is 387 g/mol. The Kier molecular flexibility index (Phi) is 7.61. The number of hydrogen-bond acceptors (Lipinski definition) is 5. The van der Waals surface area contributed by atoms with Gasteiger partial charge in [0.1, 0.15) is 5.75 Å². The van der Waals surface area contributed by atoms with Gasteiger partial charge >= 0.3 is 6.01 Å². The first-order valence-corrected chi connectivity index (χ1v) is 10.0. The Bertz CT molecular complexity index is 760. The highest BCUT2D eigenvalue weighted by Gasteiger charge is 2.23. The Labute approximate surface area is 168 Å². The molecule has 1 heterocycles. The highest BCUT2D eigenvalue weighted by atomic mass is 16.5. The molecule has 6 nitrogen and oxygen atoms in total. The largest absolute Gasteiger partial charge is 0.497 e. The average Bonchev–Trinajstić information content (AvgIpc) is 3.04. The summed E-state index contributed by atoms with van der Waals surface area (Å²) in [5.41, 5.74) is 0.977. The van der Waals surface area contributed by atoms with E-state index in [9.17, 15) is 4.79 Å². The summed E-state index contributed by atoms with van der Waals surface area (Å²) >= 11 is 0. The fourth-order valence-corrected chi connectivity index (χ4v) is 3.27. The maximum atomic E-state index is 13.0. The number of nitrogens with zero attached hydrogens (tertiary/aromatic N) is 3. The van der Waals surface area contributed by atoms with Gasteiger partial charge in [-0.2, -0.15) is 9.67 Å². The van der Waals surface area contributed by atoms with Crippen molar-refractivity contribution in [1.29, 1.82) is 0 Å². The SMILES string of the molecule is CCCCOc1nc(-c2ccc(OC)cc2)n(C(=O)CC(C)CC(C)(C)C)n1. The van der Waals surface area contributed by atoms with Crippen molar-refractivity contribution in [1.82, 2.24) is 14.8 Å². The highest BCUT2D eigenvalue weighted by Crippen LogP contribution is 2.28. The van der Waals surface area contributed by atoms with Gasteiger partial charge in [-0.3, -0.25) is 4.79 Å². The van der Waals surface area contributed by atoms with Crippen LogP contribution in [-0.4, -0.2) is 34.4 Å². The summed E-state index contributed by atoms with van der Waals surface area (Å²) < 4.78 is 12.3. The lowest BCUT2D eigenvalue weighted by Crippen LogP contribution is -2.20. The van der Waals surface area contributed by atoms with E-state index in [0.29, 0.717) is 18.9 Å². The summed E-state index contributed by atoms with van der Waals surface area (Å²) in [6, 6.07) is 7.69. The first-order valence-electron chi connectivity index (χ1n) is 10.0. The van der Waals surface area contributed by atoms with Crippen molar-refractivity contribution in [3.05, 3.63) is 24.3 Å². The lowest BCUT2D eigenvalue weighted by molar-refractivity contribution is 0.0856. The van der Waals surface area contributed by atoms with E-state index in [0.717, 1.165) is 30.6 Å². The quantitative estimate of drug-likeness (QED) is 0.551. The normalized spacial score (nSPS) is 12.6. The molecule has 1 aromatic carbocycles. The molecule has 0 aliphatic rings. The predicted octanol–water partition coefficient (Wildman–Crippen LogP) is 5.24. The van der Waals surface area contributed by atoms with E-state index >= 15 is 0 Å². The zero-order valence-electron chi connectivity index (χ0n) is 18.0. The fourth-order valence-electron chi connectivity index (χ4n) is 3.27. The molecule has 0 saturated heterocycles. The highest BCUT2D eigenvalue weighted by molar-refractivity contribution is 5.82. The molecule has 28 heavy (non-hydrogen) atoms. The number of carbonyl (C=O) groups excluding carboxylic acids is 1. The molecule has 6 heteroatoms. The van der Waals surface area contributed by atoms with Crippen molar-refractivity contribution in [2.24, 2.45) is 11.3 Å². The third-order valence-electron chi connectivity index (χ3n) is 4.39. The van der Waals surface area contributed by atoms with Gasteiger partial charge in [-0.15, -0.1) is 5.10 Å². The molecule has 2 rings (SSSR count). The van der Waals surface area contributed by atoms with Gasteiger partial charge in [0.25, 0.3) is 0 Å². The summed E-state index contributed by atoms with van der Waals surface area (Å²) in [7, 11) is 1.62. The summed E-state index contributed by atoms with van der Waals surface area (Å²) in [4.78, 5) is 17.5. The molecule has 0 amide bonds. The Balaban J connectivity index is 2.27. The van der Waals surface area contributed by atoms with E-state index in [4.69, 9.17) is 9.47 Å². The average molecular weight is 388 g/mol. The zero-order chi connectivity index (χ0) is 20.7. The van der Waals surface area contributed by atoms with Crippen LogP contribution in [0.2, 0.25) is 0 Å². The Morgan fingerprint density at radius 2 is 1.89 bits per heavy atom. The standard InChI is InChI=1S/C22H33N3O3/c1-7-8-13-28-21-23-20(17-9-11-18(27-6)12-10-17)25(24-21)19(26)14-16(2)15-22(3,4)5/h9-12,16H,7-8,13-15H2,1-6H3. The van der Waals surface area contributed by atoms with Gasteiger partial charge < -0.3 is 9.47 Å². The van der Waals surface area contributed by atoms with Gasteiger partial charge in [-0.05, 0) is 48.4 Å². The summed E-state index contributed by atoms with van der Waals surface area (Å²) in [5.74, 6) is 1.44. The molecule has 0 aliphatic carbocycles. The van der Waals surface area contributed by atoms with Crippen LogP contribution in [0, 0.1) is 11.3 Å². The number of hydrogen-bond donors (Lipinski definition) is 0. The third-order valence-corrected chi connectivity index (χ3v) is 4.39. The minimum Gasteiger partial charge on any atom is -0.497 e. The minimum atomic E-state index is -0.0691. The van der Waals surface area contributed by atoms with E-state index in [-0.39, 0.29) is 23.3 Å². The lowest BCUT2D eigenvalue weighted by atomic mass is 9.84. The van der Waals surface area contributed by atoms with Crippen molar-refractivity contribution in [2.75, 3.05) is 13.7 Å². The molecule has 0 spiro atoms. The van der Waals surface area contributed by atoms with Crippen LogP contribution in [-0.2, 0) is 0 Å². The molecule has 0 saturated carbocycles. The van der Waals surface area contributed by atoms with Crippen molar-refractivity contribution in [3.63, 3.8) is 0 Å². The Morgan fingerprint density at radius 1 is 1.21 bits per heavy atom. The number of aromatic nitrogens is 3. The van der Waals surface area contributed by atoms with Crippen molar-refractivity contribution in [3.8, 4) is 23.1 Å². The van der Waals surface area contributed by atoms with E-state index in [1.165, 1.54) is 4.68 Å². The molecular weight excluding hydrogens is 354 g/mol. The number of methoxy groups -OCH3 is 1. The van der Waals surface area contributed by atoms with Gasteiger partial charge in [0.15, 0.2) is 5.82 Å². The van der Waals surface area contributed by atoms with E-state index in [1.807, 2.05) is 24.3 Å². The second-order valence-electron chi connectivity index (χ2n) is 8.53. The van der Waals surface area contributed by atoms with Crippen LogP contribution in [0.15, 0.2) is 24.3 Å². The summed E-state index contributed by atoms with van der Waals surface area (Å²) in [6.45, 7) is 11.3. The van der Waals surface area contributed by atoms with E-state index in [2.05, 4.69) is 44.7 Å². The number of carbonyl (C=O) groups is 1. The number of ether oxygens (including phenoxy) is 2. The van der Waals surface area contributed by atoms with Gasteiger partial charge in [0.2, 0.25) is 5.91 Å². The molecule has 0 radical (unpaired) electrons. The molecule has 0 N–H and O–H groups in total. The minimum absolute atomic E-state index is 0.0691. The molecular formula is C22H33N3O3. The smallest absolute Gasteiger partial charge is 0.336 e. The summed E-state index contributed by atoms with van der Waals surface area (Å²) in [5, 5.41) is 4.35.